The number of likely N-dealkylation sites (N-methyl/N-ethyl adjacent to an activating group) is 1. The van der Waals surface area contributed by atoms with Crippen LogP contribution in [0, 0.1) is 16.7 Å². The summed E-state index contributed by atoms with van der Waals surface area (Å²) in [5.74, 6) is 0.229. The topological polar surface area (TPSA) is 102 Å². The third kappa shape index (κ3) is 3.74. The van der Waals surface area contributed by atoms with Crippen LogP contribution in [0.5, 0.6) is 0 Å². The Morgan fingerprint density at radius 3 is 2.74 bits per heavy atom. The fourth-order valence-corrected chi connectivity index (χ4v) is 2.32. The van der Waals surface area contributed by atoms with Crippen LogP contribution >= 0.6 is 0 Å². The second-order valence-electron chi connectivity index (χ2n) is 6.61. The molecule has 1 N–H and O–H groups in total. The van der Waals surface area contributed by atoms with Gasteiger partial charge in [-0.05, 0) is 5.41 Å². The monoisotopic (exact) mass is 316 g/mol. The molecule has 0 saturated carbocycles. The quantitative estimate of drug-likeness (QED) is 0.892. The number of nitrogens with one attached hydrogen (secondary N) is 1. The fraction of sp³-hybridized carbons (Fsp3) is 0.533. The number of amides is 3. The summed E-state index contributed by atoms with van der Waals surface area (Å²) >= 11 is 0. The number of hydrogen-bond donors (Lipinski definition) is 1. The second-order valence-corrected chi connectivity index (χ2v) is 6.61. The summed E-state index contributed by atoms with van der Waals surface area (Å²) in [6.45, 7) is 6.65. The lowest BCUT2D eigenvalue weighted by molar-refractivity contribution is -0.121. The molecule has 2 rings (SSSR count). The van der Waals surface area contributed by atoms with Gasteiger partial charge in [-0.2, -0.15) is 5.26 Å². The fourth-order valence-electron chi connectivity index (χ4n) is 2.32. The summed E-state index contributed by atoms with van der Waals surface area (Å²) < 4.78 is 0. The smallest absolute Gasteiger partial charge is 0.326 e. The molecule has 8 nitrogen and oxygen atoms in total. The lowest BCUT2D eigenvalue weighted by Gasteiger charge is -2.38. The highest BCUT2D eigenvalue weighted by atomic mass is 16.2. The maximum Gasteiger partial charge on any atom is 0.326 e. The van der Waals surface area contributed by atoms with Crippen LogP contribution < -0.4 is 10.2 Å². The summed E-state index contributed by atoms with van der Waals surface area (Å²) in [4.78, 5) is 35.5. The van der Waals surface area contributed by atoms with Gasteiger partial charge in [0.2, 0.25) is 11.7 Å². The highest BCUT2D eigenvalue weighted by molar-refractivity contribution is 5.96. The van der Waals surface area contributed by atoms with Gasteiger partial charge in [0.1, 0.15) is 18.4 Å². The van der Waals surface area contributed by atoms with Crippen LogP contribution in [0.4, 0.5) is 10.6 Å². The van der Waals surface area contributed by atoms with Crippen molar-refractivity contribution in [3.8, 4) is 6.07 Å². The molecule has 122 valence electrons. The van der Waals surface area contributed by atoms with E-state index in [1.54, 1.807) is 6.20 Å². The molecule has 23 heavy (non-hydrogen) atoms. The summed E-state index contributed by atoms with van der Waals surface area (Å²) in [6, 6.07) is 1.60. The summed E-state index contributed by atoms with van der Waals surface area (Å²) in [7, 11) is 1.53. The van der Waals surface area contributed by atoms with Crippen molar-refractivity contribution in [2.24, 2.45) is 5.41 Å². The first-order chi connectivity index (χ1) is 10.7. The zero-order chi connectivity index (χ0) is 17.2. The zero-order valence-corrected chi connectivity index (χ0v) is 13.8. The standard InChI is InChI=1S/C15H20N6O2/c1-15(2,3)9-21-13-10(6-18-11(5-16)19-13)7-20(14(21)23)8-12(22)17-4/h6H,7-9H2,1-4H3,(H,17,22). The lowest BCUT2D eigenvalue weighted by Crippen LogP contribution is -2.52. The molecule has 0 bridgehead atoms. The minimum Gasteiger partial charge on any atom is -0.358 e. The number of carbonyl (C=O) groups is 2. The van der Waals surface area contributed by atoms with E-state index in [1.807, 2.05) is 26.8 Å². The highest BCUT2D eigenvalue weighted by Gasteiger charge is 2.35. The number of carbonyl (C=O) groups excluding carboxylic acids is 2. The Hall–Kier alpha value is -2.69. The van der Waals surface area contributed by atoms with Crippen molar-refractivity contribution < 1.29 is 9.59 Å². The van der Waals surface area contributed by atoms with Gasteiger partial charge in [0.15, 0.2) is 0 Å². The van der Waals surface area contributed by atoms with Gasteiger partial charge in [-0.1, -0.05) is 20.8 Å². The van der Waals surface area contributed by atoms with Crippen molar-refractivity contribution in [3.63, 3.8) is 0 Å². The van der Waals surface area contributed by atoms with E-state index >= 15 is 0 Å². The second kappa shape index (κ2) is 6.20. The van der Waals surface area contributed by atoms with E-state index in [-0.39, 0.29) is 36.3 Å². The molecule has 1 aliphatic rings. The van der Waals surface area contributed by atoms with E-state index in [0.717, 1.165) is 5.56 Å². The first-order valence-corrected chi connectivity index (χ1v) is 7.28. The number of nitriles is 1. The average Bonchev–Trinajstić information content (AvgIpc) is 2.49. The van der Waals surface area contributed by atoms with E-state index in [4.69, 9.17) is 5.26 Å². The van der Waals surface area contributed by atoms with Crippen molar-refractivity contribution >= 4 is 17.8 Å². The van der Waals surface area contributed by atoms with Gasteiger partial charge >= 0.3 is 6.03 Å². The third-order valence-electron chi connectivity index (χ3n) is 3.31. The number of nitrogens with zero attached hydrogens (tertiary/aromatic N) is 5. The number of anilines is 1. The number of aromatic nitrogens is 2. The largest absolute Gasteiger partial charge is 0.358 e. The Bertz CT molecular complexity index is 674. The van der Waals surface area contributed by atoms with E-state index in [9.17, 15) is 9.59 Å². The van der Waals surface area contributed by atoms with Gasteiger partial charge in [0, 0.05) is 25.4 Å². The molecular formula is C15H20N6O2. The van der Waals surface area contributed by atoms with Crippen LogP contribution in [0.15, 0.2) is 6.20 Å². The van der Waals surface area contributed by atoms with Crippen LogP contribution in [0.2, 0.25) is 0 Å². The van der Waals surface area contributed by atoms with Crippen molar-refractivity contribution in [1.29, 1.82) is 5.26 Å². The number of hydrogen-bond acceptors (Lipinski definition) is 5. The maximum atomic E-state index is 12.7. The molecule has 0 aromatic carbocycles. The van der Waals surface area contributed by atoms with E-state index in [0.29, 0.717) is 12.4 Å². The molecule has 0 unspecified atom stereocenters. The Morgan fingerprint density at radius 2 is 2.17 bits per heavy atom. The molecule has 2 heterocycles. The highest BCUT2D eigenvalue weighted by Crippen LogP contribution is 2.29. The molecule has 0 aliphatic carbocycles. The Balaban J connectivity index is 2.42. The van der Waals surface area contributed by atoms with Crippen molar-refractivity contribution in [3.05, 3.63) is 17.6 Å². The molecule has 1 aromatic rings. The molecule has 0 fully saturated rings. The Kier molecular flexibility index (Phi) is 4.50. The summed E-state index contributed by atoms with van der Waals surface area (Å²) in [5.41, 5.74) is 0.553. The molecule has 1 aliphatic heterocycles. The minimum atomic E-state index is -0.293. The van der Waals surface area contributed by atoms with E-state index in [1.165, 1.54) is 16.8 Å². The zero-order valence-electron chi connectivity index (χ0n) is 13.8. The van der Waals surface area contributed by atoms with Crippen LogP contribution in [0.25, 0.3) is 0 Å². The van der Waals surface area contributed by atoms with Crippen molar-refractivity contribution in [1.82, 2.24) is 20.2 Å². The first kappa shape index (κ1) is 16.7. The van der Waals surface area contributed by atoms with Gasteiger partial charge in [0.05, 0.1) is 6.54 Å². The van der Waals surface area contributed by atoms with Gasteiger partial charge in [-0.3, -0.25) is 9.69 Å². The molecule has 8 heteroatoms. The lowest BCUT2D eigenvalue weighted by atomic mass is 9.95. The SMILES string of the molecule is CNC(=O)CN1Cc2cnc(C#N)nc2N(CC(C)(C)C)C1=O. The predicted molar refractivity (Wildman–Crippen MR) is 83.4 cm³/mol. The van der Waals surface area contributed by atoms with Gasteiger partial charge in [0.25, 0.3) is 0 Å². The first-order valence-electron chi connectivity index (χ1n) is 7.28. The van der Waals surface area contributed by atoms with Crippen LogP contribution in [-0.2, 0) is 11.3 Å². The number of fused-ring (bicyclic) bond motifs is 1. The summed E-state index contributed by atoms with van der Waals surface area (Å²) in [5, 5.41) is 11.5. The molecule has 1 aromatic heterocycles. The number of rotatable bonds is 3. The normalized spacial score (nSPS) is 14.3. The Morgan fingerprint density at radius 1 is 1.48 bits per heavy atom. The maximum absolute atomic E-state index is 12.7. The van der Waals surface area contributed by atoms with Crippen LogP contribution in [0.3, 0.4) is 0 Å². The summed E-state index contributed by atoms with van der Waals surface area (Å²) in [6.07, 6.45) is 1.54. The van der Waals surface area contributed by atoms with E-state index in [2.05, 4.69) is 15.3 Å². The van der Waals surface area contributed by atoms with Gasteiger partial charge in [-0.25, -0.2) is 14.8 Å². The van der Waals surface area contributed by atoms with Gasteiger partial charge < -0.3 is 10.2 Å². The molecular weight excluding hydrogens is 296 g/mol. The minimum absolute atomic E-state index is 0.0233. The van der Waals surface area contributed by atoms with Crippen molar-refractivity contribution in [2.45, 2.75) is 27.3 Å². The Labute approximate surface area is 135 Å². The van der Waals surface area contributed by atoms with Crippen molar-refractivity contribution in [2.75, 3.05) is 25.0 Å². The molecule has 3 amide bonds. The molecule has 0 saturated heterocycles. The average molecular weight is 316 g/mol. The van der Waals surface area contributed by atoms with Crippen LogP contribution in [0.1, 0.15) is 32.2 Å². The predicted octanol–water partition coefficient (Wildman–Crippen LogP) is 0.882. The number of urea groups is 1. The molecule has 0 spiro atoms. The van der Waals surface area contributed by atoms with Gasteiger partial charge in [-0.15, -0.1) is 0 Å². The third-order valence-corrected chi connectivity index (χ3v) is 3.31. The molecule has 0 atom stereocenters. The van der Waals surface area contributed by atoms with E-state index < -0.39 is 0 Å². The molecule has 0 radical (unpaired) electrons. The van der Waals surface area contributed by atoms with Crippen LogP contribution in [-0.4, -0.2) is 46.9 Å².